The second-order valence-electron chi connectivity index (χ2n) is 4.85. The molecule has 1 saturated carbocycles. The van der Waals surface area contributed by atoms with Gasteiger partial charge in [0.05, 0.1) is 5.76 Å². The summed E-state index contributed by atoms with van der Waals surface area (Å²) >= 11 is 0. The molecule has 1 fully saturated rings. The van der Waals surface area contributed by atoms with Gasteiger partial charge in [0.1, 0.15) is 0 Å². The lowest BCUT2D eigenvalue weighted by atomic mass is 9.99. The van der Waals surface area contributed by atoms with E-state index in [1.807, 2.05) is 13.8 Å². The second-order valence-corrected chi connectivity index (χ2v) is 4.85. The SMILES string of the molecule is COC(C)(C)OC1=CCC2CCCC12. The summed E-state index contributed by atoms with van der Waals surface area (Å²) in [6.45, 7) is 3.94. The zero-order chi connectivity index (χ0) is 10.2. The largest absolute Gasteiger partial charge is 0.467 e. The van der Waals surface area contributed by atoms with Crippen molar-refractivity contribution in [1.82, 2.24) is 0 Å². The molecule has 2 rings (SSSR count). The van der Waals surface area contributed by atoms with Gasteiger partial charge in [-0.2, -0.15) is 0 Å². The Morgan fingerprint density at radius 2 is 2.14 bits per heavy atom. The molecule has 0 N–H and O–H groups in total. The molecule has 2 nitrogen and oxygen atoms in total. The molecule has 0 radical (unpaired) electrons. The molecule has 0 saturated heterocycles. The molecule has 2 aliphatic carbocycles. The summed E-state index contributed by atoms with van der Waals surface area (Å²) < 4.78 is 11.2. The van der Waals surface area contributed by atoms with E-state index >= 15 is 0 Å². The third kappa shape index (κ3) is 1.81. The third-order valence-corrected chi connectivity index (χ3v) is 3.50. The van der Waals surface area contributed by atoms with Gasteiger partial charge in [0, 0.05) is 26.9 Å². The predicted molar refractivity (Wildman–Crippen MR) is 55.7 cm³/mol. The number of hydrogen-bond donors (Lipinski definition) is 0. The van der Waals surface area contributed by atoms with Crippen LogP contribution in [-0.4, -0.2) is 12.9 Å². The van der Waals surface area contributed by atoms with Gasteiger partial charge in [-0.3, -0.25) is 0 Å². The molecule has 2 heteroatoms. The van der Waals surface area contributed by atoms with Gasteiger partial charge in [-0.15, -0.1) is 0 Å². The van der Waals surface area contributed by atoms with Crippen LogP contribution in [-0.2, 0) is 9.47 Å². The Kier molecular flexibility index (Phi) is 2.56. The van der Waals surface area contributed by atoms with Gasteiger partial charge in [-0.25, -0.2) is 0 Å². The first-order valence-electron chi connectivity index (χ1n) is 5.56. The Bertz CT molecular complexity index is 243. The maximum Gasteiger partial charge on any atom is 0.204 e. The van der Waals surface area contributed by atoms with Crippen LogP contribution in [0, 0.1) is 11.8 Å². The van der Waals surface area contributed by atoms with E-state index in [2.05, 4.69) is 6.08 Å². The molecule has 0 bridgehead atoms. The number of allylic oxidation sites excluding steroid dienone is 2. The van der Waals surface area contributed by atoms with Crippen LogP contribution >= 0.6 is 0 Å². The normalized spacial score (nSPS) is 31.5. The minimum Gasteiger partial charge on any atom is -0.467 e. The number of ether oxygens (including phenoxy) is 2. The van der Waals surface area contributed by atoms with Gasteiger partial charge in [0.2, 0.25) is 5.79 Å². The molecular formula is C12H20O2. The van der Waals surface area contributed by atoms with E-state index < -0.39 is 5.79 Å². The minimum absolute atomic E-state index is 0.469. The lowest BCUT2D eigenvalue weighted by Gasteiger charge is -2.28. The molecule has 0 aromatic carbocycles. The fraction of sp³-hybridized carbons (Fsp3) is 0.833. The maximum absolute atomic E-state index is 5.90. The van der Waals surface area contributed by atoms with E-state index in [0.29, 0.717) is 5.92 Å². The van der Waals surface area contributed by atoms with Crippen LogP contribution in [0.1, 0.15) is 39.5 Å². The fourth-order valence-corrected chi connectivity index (χ4v) is 2.56. The first-order chi connectivity index (χ1) is 6.62. The van der Waals surface area contributed by atoms with Crippen LogP contribution < -0.4 is 0 Å². The number of rotatable bonds is 3. The Morgan fingerprint density at radius 3 is 2.86 bits per heavy atom. The Labute approximate surface area is 86.3 Å². The van der Waals surface area contributed by atoms with Gasteiger partial charge >= 0.3 is 0 Å². The van der Waals surface area contributed by atoms with E-state index in [0.717, 1.165) is 5.92 Å². The molecule has 0 heterocycles. The number of fused-ring (bicyclic) bond motifs is 1. The molecule has 2 aliphatic rings. The van der Waals surface area contributed by atoms with E-state index in [4.69, 9.17) is 9.47 Å². The summed E-state index contributed by atoms with van der Waals surface area (Å²) in [5.74, 6) is 2.25. The van der Waals surface area contributed by atoms with Gasteiger partial charge in [-0.1, -0.05) is 6.42 Å². The zero-order valence-electron chi connectivity index (χ0n) is 9.38. The summed E-state index contributed by atoms with van der Waals surface area (Å²) in [6.07, 6.45) is 7.51. The average molecular weight is 196 g/mol. The molecule has 0 aromatic rings. The molecule has 0 amide bonds. The number of methoxy groups -OCH3 is 1. The molecule has 80 valence electrons. The summed E-state index contributed by atoms with van der Waals surface area (Å²) in [6, 6.07) is 0. The molecule has 0 spiro atoms. The molecule has 0 aromatic heterocycles. The highest BCUT2D eigenvalue weighted by Gasteiger charge is 2.37. The lowest BCUT2D eigenvalue weighted by molar-refractivity contribution is -0.176. The molecule has 2 atom stereocenters. The first kappa shape index (κ1) is 10.0. The first-order valence-corrected chi connectivity index (χ1v) is 5.56. The summed E-state index contributed by atoms with van der Waals surface area (Å²) in [5, 5.41) is 0. The lowest BCUT2D eigenvalue weighted by Crippen LogP contribution is -2.27. The van der Waals surface area contributed by atoms with Crippen LogP contribution in [0.5, 0.6) is 0 Å². The van der Waals surface area contributed by atoms with Crippen LogP contribution in [0.25, 0.3) is 0 Å². The highest BCUT2D eigenvalue weighted by molar-refractivity contribution is 5.12. The molecule has 2 unspecified atom stereocenters. The Balaban J connectivity index is 1.99. The van der Waals surface area contributed by atoms with Crippen molar-refractivity contribution in [3.63, 3.8) is 0 Å². The topological polar surface area (TPSA) is 18.5 Å². The maximum atomic E-state index is 5.90. The van der Waals surface area contributed by atoms with E-state index in [9.17, 15) is 0 Å². The fourth-order valence-electron chi connectivity index (χ4n) is 2.56. The van der Waals surface area contributed by atoms with Crippen molar-refractivity contribution < 1.29 is 9.47 Å². The monoisotopic (exact) mass is 196 g/mol. The van der Waals surface area contributed by atoms with Gasteiger partial charge in [-0.05, 0) is 31.3 Å². The van der Waals surface area contributed by atoms with E-state index in [-0.39, 0.29) is 0 Å². The molecule has 0 aliphatic heterocycles. The Hall–Kier alpha value is -0.500. The van der Waals surface area contributed by atoms with Gasteiger partial charge in [0.15, 0.2) is 0 Å². The number of hydrogen-bond acceptors (Lipinski definition) is 2. The predicted octanol–water partition coefficient (Wildman–Crippen LogP) is 3.09. The van der Waals surface area contributed by atoms with E-state index in [1.54, 1.807) is 7.11 Å². The molecular weight excluding hydrogens is 176 g/mol. The summed E-state index contributed by atoms with van der Waals surface area (Å²) in [4.78, 5) is 0. The van der Waals surface area contributed by atoms with Crippen LogP contribution in [0.2, 0.25) is 0 Å². The quantitative estimate of drug-likeness (QED) is 0.646. The average Bonchev–Trinajstić information content (AvgIpc) is 2.70. The molecule has 14 heavy (non-hydrogen) atoms. The van der Waals surface area contributed by atoms with Crippen molar-refractivity contribution in [2.45, 2.75) is 45.3 Å². The zero-order valence-corrected chi connectivity index (χ0v) is 9.38. The van der Waals surface area contributed by atoms with E-state index in [1.165, 1.54) is 31.4 Å². The van der Waals surface area contributed by atoms with Crippen LogP contribution in [0.4, 0.5) is 0 Å². The highest BCUT2D eigenvalue weighted by Crippen LogP contribution is 2.45. The standard InChI is InChI=1S/C12H20O2/c1-12(2,13-3)14-11-8-7-9-5-4-6-10(9)11/h8-10H,4-7H2,1-3H3. The third-order valence-electron chi connectivity index (χ3n) is 3.50. The second kappa shape index (κ2) is 3.58. The highest BCUT2D eigenvalue weighted by atomic mass is 16.7. The summed E-state index contributed by atoms with van der Waals surface area (Å²) in [5.41, 5.74) is 0. The van der Waals surface area contributed by atoms with Crippen LogP contribution in [0.3, 0.4) is 0 Å². The van der Waals surface area contributed by atoms with Crippen molar-refractivity contribution in [2.75, 3.05) is 7.11 Å². The Morgan fingerprint density at radius 1 is 1.36 bits per heavy atom. The smallest absolute Gasteiger partial charge is 0.204 e. The van der Waals surface area contributed by atoms with Crippen molar-refractivity contribution in [2.24, 2.45) is 11.8 Å². The van der Waals surface area contributed by atoms with Crippen molar-refractivity contribution >= 4 is 0 Å². The summed E-state index contributed by atoms with van der Waals surface area (Å²) in [7, 11) is 1.70. The van der Waals surface area contributed by atoms with Crippen LogP contribution in [0.15, 0.2) is 11.8 Å². The van der Waals surface area contributed by atoms with Crippen molar-refractivity contribution in [3.05, 3.63) is 11.8 Å². The van der Waals surface area contributed by atoms with Gasteiger partial charge < -0.3 is 9.47 Å². The minimum atomic E-state index is -0.469. The van der Waals surface area contributed by atoms with Crippen molar-refractivity contribution in [3.8, 4) is 0 Å². The van der Waals surface area contributed by atoms with Crippen molar-refractivity contribution in [1.29, 1.82) is 0 Å². The van der Waals surface area contributed by atoms with Gasteiger partial charge in [0.25, 0.3) is 0 Å².